The molecule has 1 N–H and O–H groups in total. The van der Waals surface area contributed by atoms with Crippen LogP contribution in [0.5, 0.6) is 0 Å². The Hall–Kier alpha value is -0.940. The van der Waals surface area contributed by atoms with Crippen LogP contribution in [-0.2, 0) is 21.8 Å². The molecule has 0 saturated heterocycles. The zero-order chi connectivity index (χ0) is 12.5. The highest BCUT2D eigenvalue weighted by Crippen LogP contribution is 2.13. The summed E-state index contributed by atoms with van der Waals surface area (Å²) in [5.41, 5.74) is 0. The van der Waals surface area contributed by atoms with E-state index in [2.05, 4.69) is 5.32 Å². The maximum absolute atomic E-state index is 11.1. The predicted octanol–water partition coefficient (Wildman–Crippen LogP) is 2.19. The predicted molar refractivity (Wildman–Crippen MR) is 68.9 cm³/mol. The summed E-state index contributed by atoms with van der Waals surface area (Å²) in [6.45, 7) is 3.50. The molecule has 17 heavy (non-hydrogen) atoms. The lowest BCUT2D eigenvalue weighted by Crippen LogP contribution is -2.18. The number of thioether (sulfide) groups is 1. The third-order valence-corrected chi connectivity index (χ3v) is 2.69. The molecule has 0 aliphatic carbocycles. The highest BCUT2D eigenvalue weighted by Gasteiger charge is 2.03. The summed E-state index contributed by atoms with van der Waals surface area (Å²) in [6.07, 6.45) is 2.44. The Morgan fingerprint density at radius 2 is 2.24 bits per heavy atom. The summed E-state index contributed by atoms with van der Waals surface area (Å²) >= 11 is 1.73. The van der Waals surface area contributed by atoms with Crippen LogP contribution in [0.2, 0.25) is 0 Å². The van der Waals surface area contributed by atoms with Gasteiger partial charge in [-0.1, -0.05) is 0 Å². The number of ether oxygens (including phenoxy) is 1. The molecular formula is C12H19NO3S. The van der Waals surface area contributed by atoms with Gasteiger partial charge >= 0.3 is 5.97 Å². The molecule has 0 aromatic carbocycles. The van der Waals surface area contributed by atoms with Gasteiger partial charge < -0.3 is 14.5 Å². The van der Waals surface area contributed by atoms with Crippen molar-refractivity contribution in [2.45, 2.75) is 25.6 Å². The quantitative estimate of drug-likeness (QED) is 0.571. The monoisotopic (exact) mass is 257 g/mol. The maximum Gasteiger partial charge on any atom is 0.307 e. The number of hydrogen-bond donors (Lipinski definition) is 1. The average molecular weight is 257 g/mol. The van der Waals surface area contributed by atoms with Crippen LogP contribution in [0, 0.1) is 0 Å². The average Bonchev–Trinajstić information content (AvgIpc) is 2.73. The molecule has 0 aliphatic heterocycles. The highest BCUT2D eigenvalue weighted by molar-refractivity contribution is 7.97. The van der Waals surface area contributed by atoms with Crippen LogP contribution in [0.4, 0.5) is 0 Å². The Bertz CT molecular complexity index is 338. The lowest BCUT2D eigenvalue weighted by atomic mass is 10.4. The van der Waals surface area contributed by atoms with Crippen molar-refractivity contribution in [2.75, 3.05) is 19.4 Å². The Morgan fingerprint density at radius 1 is 1.47 bits per heavy atom. The Kier molecular flexibility index (Phi) is 6.81. The van der Waals surface area contributed by atoms with Gasteiger partial charge in [0.25, 0.3) is 0 Å². The van der Waals surface area contributed by atoms with Crippen molar-refractivity contribution < 1.29 is 13.9 Å². The number of furan rings is 1. The standard InChI is InChI=1S/C12H19NO3S/c1-3-15-12(14)6-7-13-8-10-4-5-11(16-10)9-17-2/h4-5,13H,3,6-9H2,1-2H3. The third-order valence-electron chi connectivity index (χ3n) is 2.11. The van der Waals surface area contributed by atoms with Crippen LogP contribution in [0.25, 0.3) is 0 Å². The van der Waals surface area contributed by atoms with Crippen molar-refractivity contribution in [1.82, 2.24) is 5.32 Å². The SMILES string of the molecule is CCOC(=O)CCNCc1ccc(CSC)o1. The van der Waals surface area contributed by atoms with Gasteiger partial charge in [-0.25, -0.2) is 0 Å². The van der Waals surface area contributed by atoms with Crippen molar-refractivity contribution in [3.8, 4) is 0 Å². The van der Waals surface area contributed by atoms with Crippen molar-refractivity contribution in [1.29, 1.82) is 0 Å². The molecule has 0 fully saturated rings. The molecule has 1 aromatic heterocycles. The molecule has 0 unspecified atom stereocenters. The summed E-state index contributed by atoms with van der Waals surface area (Å²) in [7, 11) is 0. The number of nitrogens with one attached hydrogen (secondary N) is 1. The smallest absolute Gasteiger partial charge is 0.307 e. The van der Waals surface area contributed by atoms with E-state index in [1.807, 2.05) is 18.4 Å². The molecule has 0 bridgehead atoms. The normalized spacial score (nSPS) is 10.5. The number of rotatable bonds is 8. The fraction of sp³-hybridized carbons (Fsp3) is 0.583. The van der Waals surface area contributed by atoms with Gasteiger partial charge in [0.15, 0.2) is 0 Å². The zero-order valence-electron chi connectivity index (χ0n) is 10.3. The molecule has 0 radical (unpaired) electrons. The summed E-state index contributed by atoms with van der Waals surface area (Å²) < 4.78 is 10.4. The van der Waals surface area contributed by atoms with Gasteiger partial charge in [0.05, 0.1) is 25.3 Å². The van der Waals surface area contributed by atoms with E-state index in [1.165, 1.54) is 0 Å². The molecule has 4 nitrogen and oxygen atoms in total. The summed E-state index contributed by atoms with van der Waals surface area (Å²) in [5, 5.41) is 3.15. The van der Waals surface area contributed by atoms with E-state index in [0.29, 0.717) is 26.1 Å². The topological polar surface area (TPSA) is 51.5 Å². The molecule has 5 heteroatoms. The number of carbonyl (C=O) groups excluding carboxylic acids is 1. The summed E-state index contributed by atoms with van der Waals surface area (Å²) in [6, 6.07) is 3.95. The molecule has 0 spiro atoms. The van der Waals surface area contributed by atoms with Crippen molar-refractivity contribution in [2.24, 2.45) is 0 Å². The maximum atomic E-state index is 11.1. The van der Waals surface area contributed by atoms with Crippen LogP contribution in [0.15, 0.2) is 16.5 Å². The molecule has 0 amide bonds. The van der Waals surface area contributed by atoms with Crippen LogP contribution < -0.4 is 5.32 Å². The van der Waals surface area contributed by atoms with Gasteiger partial charge in [-0.2, -0.15) is 11.8 Å². The fourth-order valence-corrected chi connectivity index (χ4v) is 1.81. The summed E-state index contributed by atoms with van der Waals surface area (Å²) in [5.74, 6) is 2.61. The number of hydrogen-bond acceptors (Lipinski definition) is 5. The van der Waals surface area contributed by atoms with Crippen molar-refractivity contribution in [3.05, 3.63) is 23.7 Å². The van der Waals surface area contributed by atoms with Gasteiger partial charge in [-0.3, -0.25) is 4.79 Å². The Morgan fingerprint density at radius 3 is 2.94 bits per heavy atom. The number of carbonyl (C=O) groups is 1. The molecular weight excluding hydrogens is 238 g/mol. The summed E-state index contributed by atoms with van der Waals surface area (Å²) in [4.78, 5) is 11.1. The van der Waals surface area contributed by atoms with E-state index in [-0.39, 0.29) is 5.97 Å². The Labute approximate surface area is 106 Å². The first-order valence-electron chi connectivity index (χ1n) is 5.69. The van der Waals surface area contributed by atoms with Crippen molar-refractivity contribution >= 4 is 17.7 Å². The van der Waals surface area contributed by atoms with Gasteiger partial charge in [0, 0.05) is 6.54 Å². The fourth-order valence-electron chi connectivity index (χ4n) is 1.37. The second-order valence-electron chi connectivity index (χ2n) is 3.53. The Balaban J connectivity index is 2.15. The van der Waals surface area contributed by atoms with E-state index in [0.717, 1.165) is 17.3 Å². The van der Waals surface area contributed by atoms with Crippen LogP contribution >= 0.6 is 11.8 Å². The van der Waals surface area contributed by atoms with Gasteiger partial charge in [0.2, 0.25) is 0 Å². The van der Waals surface area contributed by atoms with E-state index in [4.69, 9.17) is 9.15 Å². The molecule has 0 atom stereocenters. The van der Waals surface area contributed by atoms with E-state index >= 15 is 0 Å². The van der Waals surface area contributed by atoms with Crippen molar-refractivity contribution in [3.63, 3.8) is 0 Å². The minimum atomic E-state index is -0.164. The van der Waals surface area contributed by atoms with Crippen LogP contribution in [0.1, 0.15) is 24.9 Å². The van der Waals surface area contributed by atoms with Crippen LogP contribution in [0.3, 0.4) is 0 Å². The molecule has 1 rings (SSSR count). The van der Waals surface area contributed by atoms with E-state index < -0.39 is 0 Å². The zero-order valence-corrected chi connectivity index (χ0v) is 11.1. The van der Waals surface area contributed by atoms with Crippen LogP contribution in [-0.4, -0.2) is 25.4 Å². The second-order valence-corrected chi connectivity index (χ2v) is 4.40. The van der Waals surface area contributed by atoms with Gasteiger partial charge in [-0.15, -0.1) is 0 Å². The molecule has 1 heterocycles. The minimum absolute atomic E-state index is 0.164. The van der Waals surface area contributed by atoms with E-state index in [9.17, 15) is 4.79 Å². The molecule has 0 saturated carbocycles. The minimum Gasteiger partial charge on any atom is -0.466 e. The van der Waals surface area contributed by atoms with E-state index in [1.54, 1.807) is 18.7 Å². The molecule has 1 aromatic rings. The number of esters is 1. The largest absolute Gasteiger partial charge is 0.466 e. The molecule has 96 valence electrons. The first kappa shape index (κ1) is 14.1. The first-order valence-corrected chi connectivity index (χ1v) is 7.08. The van der Waals surface area contributed by atoms with Gasteiger partial charge in [-0.05, 0) is 25.3 Å². The lowest BCUT2D eigenvalue weighted by Gasteiger charge is -2.02. The third kappa shape index (κ3) is 5.79. The first-order chi connectivity index (χ1) is 8.26. The second kappa shape index (κ2) is 8.20. The lowest BCUT2D eigenvalue weighted by molar-refractivity contribution is -0.142. The molecule has 0 aliphatic rings. The highest BCUT2D eigenvalue weighted by atomic mass is 32.2. The van der Waals surface area contributed by atoms with Gasteiger partial charge in [0.1, 0.15) is 11.5 Å².